The van der Waals surface area contributed by atoms with E-state index in [1.54, 1.807) is 0 Å². The van der Waals surface area contributed by atoms with E-state index < -0.39 is 0 Å². The van der Waals surface area contributed by atoms with Crippen molar-refractivity contribution < 1.29 is 0 Å². The molecule has 0 aromatic carbocycles. The second-order valence-electron chi connectivity index (χ2n) is 6.37. The van der Waals surface area contributed by atoms with E-state index in [2.05, 4.69) is 23.6 Å². The van der Waals surface area contributed by atoms with Crippen LogP contribution in [-0.2, 0) is 0 Å². The van der Waals surface area contributed by atoms with Crippen LogP contribution in [0.5, 0.6) is 0 Å². The number of piperidine rings is 2. The van der Waals surface area contributed by atoms with Crippen LogP contribution in [-0.4, -0.2) is 54.1 Å². The summed E-state index contributed by atoms with van der Waals surface area (Å²) in [5.74, 6) is 0. The Morgan fingerprint density at radius 2 is 1.67 bits per heavy atom. The highest BCUT2D eigenvalue weighted by atomic mass is 15.2. The molecule has 106 valence electrons. The summed E-state index contributed by atoms with van der Waals surface area (Å²) in [6.07, 6.45) is 8.12. The minimum Gasteiger partial charge on any atom is -0.329 e. The summed E-state index contributed by atoms with van der Waals surface area (Å²) in [6, 6.07) is 0.848. The van der Waals surface area contributed by atoms with E-state index in [9.17, 15) is 0 Å². The Morgan fingerprint density at radius 1 is 1.06 bits per heavy atom. The summed E-state index contributed by atoms with van der Waals surface area (Å²) in [5.41, 5.74) is 6.20. The van der Waals surface area contributed by atoms with Gasteiger partial charge in [0.05, 0.1) is 0 Å². The van der Waals surface area contributed by atoms with Crippen LogP contribution in [0.15, 0.2) is 0 Å². The largest absolute Gasteiger partial charge is 0.329 e. The van der Waals surface area contributed by atoms with Gasteiger partial charge < -0.3 is 10.6 Å². The molecule has 2 N–H and O–H groups in total. The van der Waals surface area contributed by atoms with Crippen molar-refractivity contribution in [3.8, 4) is 0 Å². The first-order valence-corrected chi connectivity index (χ1v) is 7.89. The molecule has 0 radical (unpaired) electrons. The summed E-state index contributed by atoms with van der Waals surface area (Å²) < 4.78 is 0. The predicted molar refractivity (Wildman–Crippen MR) is 77.8 cm³/mol. The molecule has 0 aliphatic carbocycles. The molecule has 0 amide bonds. The smallest absolute Gasteiger partial charge is 0.0301 e. The molecule has 2 aliphatic rings. The van der Waals surface area contributed by atoms with Crippen molar-refractivity contribution in [2.45, 2.75) is 64.0 Å². The molecule has 2 rings (SSSR count). The minimum atomic E-state index is 0.229. The van der Waals surface area contributed by atoms with Gasteiger partial charge in [-0.05, 0) is 52.1 Å². The van der Waals surface area contributed by atoms with Gasteiger partial charge in [-0.1, -0.05) is 13.3 Å². The van der Waals surface area contributed by atoms with Crippen LogP contribution in [0.3, 0.4) is 0 Å². The lowest BCUT2D eigenvalue weighted by atomic mass is 9.91. The fourth-order valence-corrected chi connectivity index (χ4v) is 3.55. The maximum atomic E-state index is 5.97. The van der Waals surface area contributed by atoms with E-state index in [-0.39, 0.29) is 5.54 Å². The van der Waals surface area contributed by atoms with Gasteiger partial charge in [-0.15, -0.1) is 0 Å². The van der Waals surface area contributed by atoms with Crippen LogP contribution < -0.4 is 5.73 Å². The standard InChI is InChI=1S/C15H31N3/c1-3-15(2,13-16)18-11-7-14(8-12-18)17-9-5-4-6-10-17/h14H,3-13,16H2,1-2H3. The van der Waals surface area contributed by atoms with Gasteiger partial charge in [-0.2, -0.15) is 0 Å². The SMILES string of the molecule is CCC(C)(CN)N1CCC(N2CCCCC2)CC1. The molecule has 3 nitrogen and oxygen atoms in total. The normalized spacial score (nSPS) is 28.2. The number of hydrogen-bond donors (Lipinski definition) is 1. The molecule has 2 saturated heterocycles. The molecule has 2 fully saturated rings. The average Bonchev–Trinajstić information content (AvgIpc) is 2.47. The van der Waals surface area contributed by atoms with Crippen molar-refractivity contribution in [1.29, 1.82) is 0 Å². The molecule has 2 heterocycles. The van der Waals surface area contributed by atoms with Gasteiger partial charge in [0.25, 0.3) is 0 Å². The second-order valence-corrected chi connectivity index (χ2v) is 6.37. The first kappa shape index (κ1) is 14.3. The first-order valence-electron chi connectivity index (χ1n) is 7.89. The van der Waals surface area contributed by atoms with Crippen molar-refractivity contribution in [1.82, 2.24) is 9.80 Å². The van der Waals surface area contributed by atoms with Crippen LogP contribution in [0, 0.1) is 0 Å². The Balaban J connectivity index is 1.83. The van der Waals surface area contributed by atoms with Crippen molar-refractivity contribution in [3.63, 3.8) is 0 Å². The highest BCUT2D eigenvalue weighted by molar-refractivity contribution is 4.91. The van der Waals surface area contributed by atoms with Crippen LogP contribution in [0.25, 0.3) is 0 Å². The Morgan fingerprint density at radius 3 is 2.17 bits per heavy atom. The van der Waals surface area contributed by atoms with Crippen LogP contribution >= 0.6 is 0 Å². The van der Waals surface area contributed by atoms with Gasteiger partial charge in [-0.3, -0.25) is 4.90 Å². The lowest BCUT2D eigenvalue weighted by Crippen LogP contribution is -2.56. The molecule has 0 aromatic rings. The summed E-state index contributed by atoms with van der Waals surface area (Å²) in [7, 11) is 0. The Labute approximate surface area is 113 Å². The van der Waals surface area contributed by atoms with Crippen molar-refractivity contribution in [2.24, 2.45) is 5.73 Å². The summed E-state index contributed by atoms with van der Waals surface area (Å²) in [4.78, 5) is 5.38. The topological polar surface area (TPSA) is 32.5 Å². The van der Waals surface area contributed by atoms with E-state index >= 15 is 0 Å². The number of likely N-dealkylation sites (tertiary alicyclic amines) is 2. The molecule has 18 heavy (non-hydrogen) atoms. The van der Waals surface area contributed by atoms with E-state index in [1.807, 2.05) is 0 Å². The van der Waals surface area contributed by atoms with E-state index in [0.717, 1.165) is 19.0 Å². The number of hydrogen-bond acceptors (Lipinski definition) is 3. The second kappa shape index (κ2) is 6.36. The predicted octanol–water partition coefficient (Wildman–Crippen LogP) is 2.06. The molecule has 1 atom stereocenters. The summed E-state index contributed by atoms with van der Waals surface area (Å²) >= 11 is 0. The lowest BCUT2D eigenvalue weighted by Gasteiger charge is -2.46. The van der Waals surface area contributed by atoms with Crippen molar-refractivity contribution >= 4 is 0 Å². The molecule has 3 heteroatoms. The van der Waals surface area contributed by atoms with E-state index in [0.29, 0.717) is 0 Å². The van der Waals surface area contributed by atoms with Crippen LogP contribution in [0.1, 0.15) is 52.4 Å². The molecule has 0 spiro atoms. The summed E-state index contributed by atoms with van der Waals surface area (Å²) in [5, 5.41) is 0. The molecular formula is C15H31N3. The van der Waals surface area contributed by atoms with E-state index in [4.69, 9.17) is 5.73 Å². The zero-order chi connectivity index (χ0) is 13.0. The third kappa shape index (κ3) is 3.06. The monoisotopic (exact) mass is 253 g/mol. The maximum absolute atomic E-state index is 5.97. The molecule has 1 unspecified atom stereocenters. The molecule has 0 saturated carbocycles. The third-order valence-electron chi connectivity index (χ3n) is 5.34. The first-order chi connectivity index (χ1) is 8.69. The molecule has 2 aliphatic heterocycles. The van der Waals surface area contributed by atoms with Crippen molar-refractivity contribution in [2.75, 3.05) is 32.7 Å². The summed E-state index contributed by atoms with van der Waals surface area (Å²) in [6.45, 7) is 10.5. The molecular weight excluding hydrogens is 222 g/mol. The fraction of sp³-hybridized carbons (Fsp3) is 1.00. The minimum absolute atomic E-state index is 0.229. The number of nitrogens with two attached hydrogens (primary N) is 1. The van der Waals surface area contributed by atoms with Crippen molar-refractivity contribution in [3.05, 3.63) is 0 Å². The Kier molecular flexibility index (Phi) is 5.05. The van der Waals surface area contributed by atoms with Gasteiger partial charge in [0, 0.05) is 31.2 Å². The van der Waals surface area contributed by atoms with Gasteiger partial charge >= 0.3 is 0 Å². The van der Waals surface area contributed by atoms with Crippen LogP contribution in [0.4, 0.5) is 0 Å². The van der Waals surface area contributed by atoms with Gasteiger partial charge in [-0.25, -0.2) is 0 Å². The fourth-order valence-electron chi connectivity index (χ4n) is 3.55. The zero-order valence-corrected chi connectivity index (χ0v) is 12.3. The zero-order valence-electron chi connectivity index (χ0n) is 12.3. The molecule has 0 bridgehead atoms. The van der Waals surface area contributed by atoms with Gasteiger partial charge in [0.1, 0.15) is 0 Å². The Hall–Kier alpha value is -0.120. The highest BCUT2D eigenvalue weighted by Crippen LogP contribution is 2.26. The number of nitrogens with zero attached hydrogens (tertiary/aromatic N) is 2. The quantitative estimate of drug-likeness (QED) is 0.832. The maximum Gasteiger partial charge on any atom is 0.0301 e. The van der Waals surface area contributed by atoms with E-state index in [1.165, 1.54) is 58.3 Å². The Bertz CT molecular complexity index is 236. The number of rotatable bonds is 4. The van der Waals surface area contributed by atoms with Crippen LogP contribution in [0.2, 0.25) is 0 Å². The average molecular weight is 253 g/mol. The lowest BCUT2D eigenvalue weighted by molar-refractivity contribution is 0.0351. The van der Waals surface area contributed by atoms with Gasteiger partial charge in [0.15, 0.2) is 0 Å². The third-order valence-corrected chi connectivity index (χ3v) is 5.34. The molecule has 0 aromatic heterocycles. The highest BCUT2D eigenvalue weighted by Gasteiger charge is 2.33. The van der Waals surface area contributed by atoms with Gasteiger partial charge in [0.2, 0.25) is 0 Å².